The zero-order valence-electron chi connectivity index (χ0n) is 17.5. The standard InChI is InChI=1S/C24H22N4O2S/c1-15-6-4-7-16(2)22(15)28-31-21-14-17(10-11-20(21)30-3)27-24(29)18-8-5-9-19-23(18)26-13-12-25-19/h4-14,28H,1-3H3,(H,27,29). The van der Waals surface area contributed by atoms with Crippen LogP contribution in [0, 0.1) is 13.8 Å². The van der Waals surface area contributed by atoms with Crippen molar-refractivity contribution in [1.29, 1.82) is 0 Å². The van der Waals surface area contributed by atoms with Gasteiger partial charge in [-0.25, -0.2) is 0 Å². The summed E-state index contributed by atoms with van der Waals surface area (Å²) >= 11 is 1.44. The number of carbonyl (C=O) groups is 1. The Hall–Kier alpha value is -3.58. The van der Waals surface area contributed by atoms with Crippen molar-refractivity contribution >= 4 is 40.3 Å². The van der Waals surface area contributed by atoms with Gasteiger partial charge >= 0.3 is 0 Å². The first-order chi connectivity index (χ1) is 15.1. The molecule has 7 heteroatoms. The number of rotatable bonds is 6. The first-order valence-corrected chi connectivity index (χ1v) is 10.6. The van der Waals surface area contributed by atoms with Crippen LogP contribution in [0.3, 0.4) is 0 Å². The number of methoxy groups -OCH3 is 1. The summed E-state index contributed by atoms with van der Waals surface area (Å²) in [5.41, 5.74) is 5.78. The number of para-hydroxylation sites is 2. The number of hydrogen-bond donors (Lipinski definition) is 2. The maximum absolute atomic E-state index is 12.9. The van der Waals surface area contributed by atoms with E-state index in [0.29, 0.717) is 22.3 Å². The average Bonchev–Trinajstić information content (AvgIpc) is 2.78. The lowest BCUT2D eigenvalue weighted by molar-refractivity contribution is 0.102. The Morgan fingerprint density at radius 2 is 1.71 bits per heavy atom. The molecular weight excluding hydrogens is 408 g/mol. The second-order valence-electron chi connectivity index (χ2n) is 7.02. The van der Waals surface area contributed by atoms with Gasteiger partial charge in [0.1, 0.15) is 11.3 Å². The summed E-state index contributed by atoms with van der Waals surface area (Å²) in [6.45, 7) is 4.13. The van der Waals surface area contributed by atoms with Gasteiger partial charge < -0.3 is 14.8 Å². The van der Waals surface area contributed by atoms with Crippen LogP contribution < -0.4 is 14.8 Å². The number of aryl methyl sites for hydroxylation is 2. The molecule has 4 aromatic rings. The lowest BCUT2D eigenvalue weighted by Gasteiger charge is -2.15. The summed E-state index contributed by atoms with van der Waals surface area (Å²) in [6, 6.07) is 17.1. The van der Waals surface area contributed by atoms with E-state index in [1.165, 1.54) is 11.9 Å². The molecule has 0 bridgehead atoms. The Morgan fingerprint density at radius 1 is 0.968 bits per heavy atom. The highest BCUT2D eigenvalue weighted by molar-refractivity contribution is 8.00. The molecule has 0 aliphatic rings. The second kappa shape index (κ2) is 9.06. The van der Waals surface area contributed by atoms with Gasteiger partial charge in [0.05, 0.1) is 28.8 Å². The number of nitrogens with one attached hydrogen (secondary N) is 2. The van der Waals surface area contributed by atoms with E-state index in [9.17, 15) is 4.79 Å². The maximum Gasteiger partial charge on any atom is 0.257 e. The number of ether oxygens (including phenoxy) is 1. The normalized spacial score (nSPS) is 10.7. The number of amides is 1. The molecule has 4 rings (SSSR count). The Balaban J connectivity index is 1.57. The number of anilines is 2. The van der Waals surface area contributed by atoms with E-state index in [1.54, 1.807) is 31.6 Å². The molecule has 156 valence electrons. The zero-order valence-corrected chi connectivity index (χ0v) is 18.3. The summed E-state index contributed by atoms with van der Waals surface area (Å²) in [4.78, 5) is 22.4. The van der Waals surface area contributed by atoms with Crippen LogP contribution in [0.4, 0.5) is 11.4 Å². The molecule has 6 nitrogen and oxygen atoms in total. The fourth-order valence-corrected chi connectivity index (χ4v) is 4.26. The molecule has 1 aromatic heterocycles. The van der Waals surface area contributed by atoms with Gasteiger partial charge in [-0.15, -0.1) is 0 Å². The average molecular weight is 431 g/mol. The molecule has 31 heavy (non-hydrogen) atoms. The quantitative estimate of drug-likeness (QED) is 0.386. The SMILES string of the molecule is COc1ccc(NC(=O)c2cccc3nccnc23)cc1SNc1c(C)cccc1C. The van der Waals surface area contributed by atoms with Crippen LogP contribution in [-0.2, 0) is 0 Å². The van der Waals surface area contributed by atoms with Crippen molar-refractivity contribution in [3.63, 3.8) is 0 Å². The van der Waals surface area contributed by atoms with E-state index >= 15 is 0 Å². The zero-order chi connectivity index (χ0) is 21.8. The number of nitrogens with zero attached hydrogens (tertiary/aromatic N) is 2. The van der Waals surface area contributed by atoms with Crippen LogP contribution in [0.1, 0.15) is 21.5 Å². The summed E-state index contributed by atoms with van der Waals surface area (Å²) in [5.74, 6) is 0.479. The topological polar surface area (TPSA) is 76.1 Å². The van der Waals surface area contributed by atoms with Crippen LogP contribution in [-0.4, -0.2) is 23.0 Å². The van der Waals surface area contributed by atoms with Gasteiger partial charge in [-0.1, -0.05) is 24.3 Å². The highest BCUT2D eigenvalue weighted by Crippen LogP contribution is 2.34. The van der Waals surface area contributed by atoms with Crippen molar-refractivity contribution in [3.05, 3.63) is 83.7 Å². The molecule has 1 amide bonds. The van der Waals surface area contributed by atoms with Crippen LogP contribution in [0.5, 0.6) is 5.75 Å². The summed E-state index contributed by atoms with van der Waals surface area (Å²) in [6.07, 6.45) is 3.20. The number of fused-ring (bicyclic) bond motifs is 1. The third kappa shape index (κ3) is 4.46. The molecule has 0 atom stereocenters. The van der Waals surface area contributed by atoms with Gasteiger partial charge in [0.2, 0.25) is 0 Å². The molecule has 3 aromatic carbocycles. The van der Waals surface area contributed by atoms with E-state index in [1.807, 2.05) is 30.3 Å². The van der Waals surface area contributed by atoms with E-state index in [-0.39, 0.29) is 5.91 Å². The van der Waals surface area contributed by atoms with Crippen molar-refractivity contribution in [2.45, 2.75) is 18.7 Å². The van der Waals surface area contributed by atoms with Gasteiger partial charge in [-0.3, -0.25) is 14.8 Å². The van der Waals surface area contributed by atoms with Gasteiger partial charge in [0.25, 0.3) is 5.91 Å². The molecule has 0 aliphatic carbocycles. The summed E-state index contributed by atoms with van der Waals surface area (Å²) in [5, 5.41) is 2.96. The highest BCUT2D eigenvalue weighted by Gasteiger charge is 2.14. The second-order valence-corrected chi connectivity index (χ2v) is 7.87. The lowest BCUT2D eigenvalue weighted by Crippen LogP contribution is -2.13. The van der Waals surface area contributed by atoms with Crippen molar-refractivity contribution in [1.82, 2.24) is 9.97 Å². The number of benzene rings is 3. The predicted molar refractivity (Wildman–Crippen MR) is 126 cm³/mol. The summed E-state index contributed by atoms with van der Waals surface area (Å²) < 4.78 is 8.92. The Bertz CT molecular complexity index is 1230. The number of hydrogen-bond acceptors (Lipinski definition) is 6. The van der Waals surface area contributed by atoms with Crippen molar-refractivity contribution in [3.8, 4) is 5.75 Å². The Labute approximate surface area is 185 Å². The van der Waals surface area contributed by atoms with Gasteiger partial charge in [-0.2, -0.15) is 0 Å². The van der Waals surface area contributed by atoms with Gasteiger partial charge in [0, 0.05) is 18.1 Å². The Kier molecular flexibility index (Phi) is 6.04. The monoisotopic (exact) mass is 430 g/mol. The third-order valence-electron chi connectivity index (χ3n) is 4.91. The molecular formula is C24H22N4O2S. The number of aromatic nitrogens is 2. The predicted octanol–water partition coefficient (Wildman–Crippen LogP) is 5.63. The van der Waals surface area contributed by atoms with E-state index in [2.05, 4.69) is 46.0 Å². The molecule has 1 heterocycles. The fraction of sp³-hybridized carbons (Fsp3) is 0.125. The smallest absolute Gasteiger partial charge is 0.257 e. The van der Waals surface area contributed by atoms with E-state index < -0.39 is 0 Å². The van der Waals surface area contributed by atoms with Crippen LogP contribution in [0.25, 0.3) is 11.0 Å². The minimum Gasteiger partial charge on any atom is -0.496 e. The minimum atomic E-state index is -0.241. The number of carbonyl (C=O) groups excluding carboxylic acids is 1. The molecule has 0 saturated carbocycles. The van der Waals surface area contributed by atoms with E-state index in [0.717, 1.165) is 27.5 Å². The molecule has 2 N–H and O–H groups in total. The molecule has 0 saturated heterocycles. The Morgan fingerprint density at radius 3 is 2.48 bits per heavy atom. The van der Waals surface area contributed by atoms with Gasteiger partial charge in [-0.05, 0) is 67.3 Å². The van der Waals surface area contributed by atoms with Gasteiger partial charge in [0.15, 0.2) is 0 Å². The first-order valence-electron chi connectivity index (χ1n) is 9.75. The van der Waals surface area contributed by atoms with Crippen LogP contribution in [0.2, 0.25) is 0 Å². The van der Waals surface area contributed by atoms with Crippen molar-refractivity contribution < 1.29 is 9.53 Å². The summed E-state index contributed by atoms with van der Waals surface area (Å²) in [7, 11) is 1.63. The lowest BCUT2D eigenvalue weighted by atomic mass is 10.1. The highest BCUT2D eigenvalue weighted by atomic mass is 32.2. The van der Waals surface area contributed by atoms with Crippen molar-refractivity contribution in [2.24, 2.45) is 0 Å². The van der Waals surface area contributed by atoms with Crippen LogP contribution in [0.15, 0.2) is 71.9 Å². The molecule has 0 fully saturated rings. The minimum absolute atomic E-state index is 0.241. The fourth-order valence-electron chi connectivity index (χ4n) is 3.29. The van der Waals surface area contributed by atoms with Crippen LogP contribution >= 0.6 is 11.9 Å². The molecule has 0 radical (unpaired) electrons. The van der Waals surface area contributed by atoms with E-state index in [4.69, 9.17) is 4.74 Å². The van der Waals surface area contributed by atoms with Crippen molar-refractivity contribution in [2.75, 3.05) is 17.1 Å². The first kappa shape index (κ1) is 20.7. The molecule has 0 aliphatic heterocycles. The largest absolute Gasteiger partial charge is 0.496 e. The maximum atomic E-state index is 12.9. The molecule has 0 spiro atoms. The third-order valence-corrected chi connectivity index (χ3v) is 5.75. The molecule has 0 unspecified atom stereocenters.